The smallest absolute Gasteiger partial charge is 0.323 e. The number of carbonyl (C=O) groups is 2. The summed E-state index contributed by atoms with van der Waals surface area (Å²) >= 11 is 5.94. The summed E-state index contributed by atoms with van der Waals surface area (Å²) in [6.45, 7) is 2.46. The molecule has 2 rings (SSSR count). The summed E-state index contributed by atoms with van der Waals surface area (Å²) in [5.74, 6) is -0.773. The average molecular weight is 350 g/mol. The van der Waals surface area contributed by atoms with E-state index in [9.17, 15) is 14.0 Å². The summed E-state index contributed by atoms with van der Waals surface area (Å²) in [5.41, 5.74) is 0.860. The topological polar surface area (TPSA) is 70.2 Å². The van der Waals surface area contributed by atoms with Crippen molar-refractivity contribution in [2.75, 3.05) is 17.2 Å². The third kappa shape index (κ3) is 4.96. The Balaban J connectivity index is 2.14. The van der Waals surface area contributed by atoms with E-state index in [4.69, 9.17) is 11.6 Å². The molecule has 0 radical (unpaired) electrons. The van der Waals surface area contributed by atoms with Gasteiger partial charge in [0.05, 0.1) is 11.3 Å². The highest BCUT2D eigenvalue weighted by molar-refractivity contribution is 6.31. The lowest BCUT2D eigenvalue weighted by Gasteiger charge is -2.12. The summed E-state index contributed by atoms with van der Waals surface area (Å²) in [5, 5.41) is 8.17. The first kappa shape index (κ1) is 17.7. The molecule has 2 aromatic carbocycles. The van der Waals surface area contributed by atoms with E-state index in [0.29, 0.717) is 22.8 Å². The molecule has 0 aliphatic rings. The zero-order valence-electron chi connectivity index (χ0n) is 13.0. The monoisotopic (exact) mass is 349 g/mol. The molecule has 3 amide bonds. The molecule has 0 bridgehead atoms. The number of hydrogen-bond donors (Lipinski definition) is 3. The number of anilines is 2. The van der Waals surface area contributed by atoms with Crippen LogP contribution in [-0.4, -0.2) is 18.5 Å². The Morgan fingerprint density at radius 2 is 1.92 bits per heavy atom. The van der Waals surface area contributed by atoms with Gasteiger partial charge in [0.15, 0.2) is 0 Å². The van der Waals surface area contributed by atoms with Crippen LogP contribution in [0.1, 0.15) is 23.7 Å². The van der Waals surface area contributed by atoms with Crippen molar-refractivity contribution in [2.24, 2.45) is 0 Å². The van der Waals surface area contributed by atoms with E-state index in [1.54, 1.807) is 12.1 Å². The second-order valence-electron chi connectivity index (χ2n) is 5.04. The number of carbonyl (C=O) groups excluding carboxylic acids is 2. The third-order valence-electron chi connectivity index (χ3n) is 3.09. The Labute approximate surface area is 144 Å². The minimum absolute atomic E-state index is 0.269. The van der Waals surface area contributed by atoms with Gasteiger partial charge in [-0.15, -0.1) is 0 Å². The Morgan fingerprint density at radius 3 is 2.62 bits per heavy atom. The van der Waals surface area contributed by atoms with Gasteiger partial charge in [0.2, 0.25) is 0 Å². The molecule has 3 N–H and O–H groups in total. The van der Waals surface area contributed by atoms with Gasteiger partial charge >= 0.3 is 6.03 Å². The van der Waals surface area contributed by atoms with E-state index >= 15 is 0 Å². The summed E-state index contributed by atoms with van der Waals surface area (Å²) in [4.78, 5) is 24.2. The van der Waals surface area contributed by atoms with Crippen molar-refractivity contribution >= 4 is 34.9 Å². The largest absolute Gasteiger partial charge is 0.352 e. The van der Waals surface area contributed by atoms with Gasteiger partial charge < -0.3 is 16.0 Å². The molecule has 5 nitrogen and oxygen atoms in total. The maximum atomic E-state index is 13.1. The predicted molar refractivity (Wildman–Crippen MR) is 93.1 cm³/mol. The number of halogens is 2. The predicted octanol–water partition coefficient (Wildman–Crippen LogP) is 4.26. The van der Waals surface area contributed by atoms with Crippen LogP contribution in [-0.2, 0) is 0 Å². The summed E-state index contributed by atoms with van der Waals surface area (Å²) in [6.07, 6.45) is 0.794. The normalized spacial score (nSPS) is 10.1. The van der Waals surface area contributed by atoms with Gasteiger partial charge in [0.1, 0.15) is 5.82 Å². The highest BCUT2D eigenvalue weighted by atomic mass is 35.5. The molecule has 24 heavy (non-hydrogen) atoms. The molecule has 2 aromatic rings. The van der Waals surface area contributed by atoms with Gasteiger partial charge in [-0.1, -0.05) is 24.6 Å². The van der Waals surface area contributed by atoms with Gasteiger partial charge in [0, 0.05) is 17.3 Å². The van der Waals surface area contributed by atoms with Crippen LogP contribution in [0.5, 0.6) is 0 Å². The highest BCUT2D eigenvalue weighted by Gasteiger charge is 2.14. The van der Waals surface area contributed by atoms with Crippen molar-refractivity contribution in [3.8, 4) is 0 Å². The van der Waals surface area contributed by atoms with Crippen LogP contribution in [0.2, 0.25) is 5.02 Å². The van der Waals surface area contributed by atoms with Gasteiger partial charge in [-0.25, -0.2) is 9.18 Å². The van der Waals surface area contributed by atoms with Crippen LogP contribution in [0.3, 0.4) is 0 Å². The summed E-state index contributed by atoms with van der Waals surface area (Å²) in [7, 11) is 0. The van der Waals surface area contributed by atoms with Crippen molar-refractivity contribution in [1.82, 2.24) is 5.32 Å². The van der Waals surface area contributed by atoms with Crippen LogP contribution in [0.15, 0.2) is 42.5 Å². The van der Waals surface area contributed by atoms with E-state index in [-0.39, 0.29) is 11.6 Å². The highest BCUT2D eigenvalue weighted by Crippen LogP contribution is 2.21. The van der Waals surface area contributed by atoms with Crippen LogP contribution in [0.25, 0.3) is 0 Å². The molecule has 0 fully saturated rings. The minimum atomic E-state index is -0.604. The molecule has 0 saturated carbocycles. The molecular weight excluding hydrogens is 333 g/mol. The number of rotatable bonds is 5. The van der Waals surface area contributed by atoms with Crippen molar-refractivity contribution in [3.63, 3.8) is 0 Å². The molecule has 0 aliphatic heterocycles. The fourth-order valence-corrected chi connectivity index (χ4v) is 2.17. The van der Waals surface area contributed by atoms with Gasteiger partial charge in [0.25, 0.3) is 5.91 Å². The third-order valence-corrected chi connectivity index (χ3v) is 3.33. The number of benzene rings is 2. The lowest BCUT2D eigenvalue weighted by atomic mass is 10.1. The first-order valence-corrected chi connectivity index (χ1v) is 7.78. The maximum Gasteiger partial charge on any atom is 0.323 e. The standard InChI is InChI=1S/C17H17ClFN3O2/c1-2-8-20-16(23)14-7-6-11(18)9-15(14)22-17(24)21-13-5-3-4-12(19)10-13/h3-7,9-10H,2,8H2,1H3,(H,20,23)(H2,21,22,24). The fraction of sp³-hybridized carbons (Fsp3) is 0.176. The second kappa shape index (κ2) is 8.31. The number of nitrogens with one attached hydrogen (secondary N) is 3. The van der Waals surface area contributed by atoms with Crippen LogP contribution < -0.4 is 16.0 Å². The Bertz CT molecular complexity index is 752. The first-order valence-electron chi connectivity index (χ1n) is 7.41. The second-order valence-corrected chi connectivity index (χ2v) is 5.47. The SMILES string of the molecule is CCCNC(=O)c1ccc(Cl)cc1NC(=O)Nc1cccc(F)c1. The molecule has 0 saturated heterocycles. The molecule has 126 valence electrons. The molecule has 0 aliphatic carbocycles. The lowest BCUT2D eigenvalue weighted by Crippen LogP contribution is -2.27. The van der Waals surface area contributed by atoms with Crippen LogP contribution in [0.4, 0.5) is 20.6 Å². The van der Waals surface area contributed by atoms with Crippen molar-refractivity contribution in [1.29, 1.82) is 0 Å². The molecule has 0 spiro atoms. The van der Waals surface area contributed by atoms with Gasteiger partial charge in [-0.2, -0.15) is 0 Å². The lowest BCUT2D eigenvalue weighted by molar-refractivity contribution is 0.0954. The number of amides is 3. The minimum Gasteiger partial charge on any atom is -0.352 e. The number of hydrogen-bond acceptors (Lipinski definition) is 2. The molecule has 0 heterocycles. The zero-order valence-corrected chi connectivity index (χ0v) is 13.8. The van der Waals surface area contributed by atoms with E-state index in [2.05, 4.69) is 16.0 Å². The Kier molecular flexibility index (Phi) is 6.14. The van der Waals surface area contributed by atoms with E-state index in [1.807, 2.05) is 6.92 Å². The molecule has 0 atom stereocenters. The fourth-order valence-electron chi connectivity index (χ4n) is 2.00. The quantitative estimate of drug-likeness (QED) is 0.754. The number of urea groups is 1. The maximum absolute atomic E-state index is 13.1. The van der Waals surface area contributed by atoms with Gasteiger partial charge in [-0.3, -0.25) is 4.79 Å². The zero-order chi connectivity index (χ0) is 17.5. The van der Waals surface area contributed by atoms with E-state index < -0.39 is 11.8 Å². The Hall–Kier alpha value is -2.60. The molecular formula is C17H17ClFN3O2. The van der Waals surface area contributed by atoms with Crippen LogP contribution in [0, 0.1) is 5.82 Å². The molecule has 0 aromatic heterocycles. The van der Waals surface area contributed by atoms with Crippen LogP contribution >= 0.6 is 11.6 Å². The van der Waals surface area contributed by atoms with Crippen molar-refractivity contribution in [2.45, 2.75) is 13.3 Å². The Morgan fingerprint density at radius 1 is 1.12 bits per heavy atom. The average Bonchev–Trinajstić information content (AvgIpc) is 2.52. The molecule has 0 unspecified atom stereocenters. The summed E-state index contributed by atoms with van der Waals surface area (Å²) < 4.78 is 13.1. The van der Waals surface area contributed by atoms with E-state index in [1.165, 1.54) is 30.3 Å². The van der Waals surface area contributed by atoms with Crippen molar-refractivity contribution < 1.29 is 14.0 Å². The molecule has 7 heteroatoms. The summed E-state index contributed by atoms with van der Waals surface area (Å²) in [6, 6.07) is 9.47. The first-order chi connectivity index (χ1) is 11.5. The van der Waals surface area contributed by atoms with E-state index in [0.717, 1.165) is 6.42 Å². The van der Waals surface area contributed by atoms with Gasteiger partial charge in [-0.05, 0) is 42.8 Å². The van der Waals surface area contributed by atoms with Crippen molar-refractivity contribution in [3.05, 3.63) is 58.9 Å².